The van der Waals surface area contributed by atoms with Crippen molar-refractivity contribution >= 4 is 28.1 Å². The normalized spacial score (nSPS) is 11.3. The Morgan fingerprint density at radius 2 is 1.88 bits per heavy atom. The molecule has 0 atom stereocenters. The summed E-state index contributed by atoms with van der Waals surface area (Å²) in [6.45, 7) is 6.94. The zero-order chi connectivity index (χ0) is 24.1. The molecule has 2 heterocycles. The average molecular weight is 463 g/mol. The summed E-state index contributed by atoms with van der Waals surface area (Å²) in [6.07, 6.45) is 3.46. The maximum atomic E-state index is 13.9. The number of hydrogen-bond donors (Lipinski definition) is 1. The van der Waals surface area contributed by atoms with Crippen molar-refractivity contribution in [2.75, 3.05) is 24.5 Å². The van der Waals surface area contributed by atoms with Gasteiger partial charge in [-0.15, -0.1) is 0 Å². The topological polar surface area (TPSA) is 58.8 Å². The predicted octanol–water partition coefficient (Wildman–Crippen LogP) is 4.51. The molecular weight excluding hydrogens is 431 g/mol. The van der Waals surface area contributed by atoms with Gasteiger partial charge in [0.1, 0.15) is 11.3 Å². The SMILES string of the molecule is CCN(CCCNC(=O)CCCn1c(=O)c2cccn2c2ccc(F)cc21)c1cccc(C)c1. The van der Waals surface area contributed by atoms with Gasteiger partial charge in [-0.05, 0) is 74.7 Å². The van der Waals surface area contributed by atoms with E-state index in [1.807, 2.05) is 0 Å². The molecule has 2 aromatic carbocycles. The van der Waals surface area contributed by atoms with Gasteiger partial charge in [-0.1, -0.05) is 12.1 Å². The van der Waals surface area contributed by atoms with Crippen LogP contribution in [0.3, 0.4) is 0 Å². The minimum absolute atomic E-state index is 0.0362. The number of aryl methyl sites for hydroxylation is 2. The molecule has 0 spiro atoms. The van der Waals surface area contributed by atoms with E-state index in [-0.39, 0.29) is 11.5 Å². The maximum Gasteiger partial charge on any atom is 0.275 e. The molecule has 0 saturated heterocycles. The van der Waals surface area contributed by atoms with Gasteiger partial charge in [0.25, 0.3) is 5.56 Å². The molecule has 0 bridgehead atoms. The highest BCUT2D eigenvalue weighted by Gasteiger charge is 2.12. The largest absolute Gasteiger partial charge is 0.372 e. The lowest BCUT2D eigenvalue weighted by Gasteiger charge is -2.23. The van der Waals surface area contributed by atoms with E-state index < -0.39 is 5.82 Å². The summed E-state index contributed by atoms with van der Waals surface area (Å²) in [5, 5.41) is 2.98. The fraction of sp³-hybridized carbons (Fsp3) is 0.333. The van der Waals surface area contributed by atoms with Gasteiger partial charge in [-0.25, -0.2) is 4.39 Å². The first-order valence-corrected chi connectivity index (χ1v) is 11.9. The van der Waals surface area contributed by atoms with Gasteiger partial charge in [0.15, 0.2) is 0 Å². The van der Waals surface area contributed by atoms with Crippen LogP contribution < -0.4 is 15.8 Å². The molecule has 0 aliphatic heterocycles. The van der Waals surface area contributed by atoms with Crippen molar-refractivity contribution in [2.45, 2.75) is 39.7 Å². The van der Waals surface area contributed by atoms with Crippen LogP contribution in [0, 0.1) is 12.7 Å². The number of nitrogens with zero attached hydrogens (tertiary/aromatic N) is 3. The highest BCUT2D eigenvalue weighted by atomic mass is 19.1. The van der Waals surface area contributed by atoms with E-state index >= 15 is 0 Å². The van der Waals surface area contributed by atoms with Crippen molar-refractivity contribution in [1.29, 1.82) is 0 Å². The lowest BCUT2D eigenvalue weighted by atomic mass is 10.2. The summed E-state index contributed by atoms with van der Waals surface area (Å²) < 4.78 is 17.3. The molecule has 4 aromatic rings. The summed E-state index contributed by atoms with van der Waals surface area (Å²) in [4.78, 5) is 27.6. The molecule has 1 N–H and O–H groups in total. The Balaban J connectivity index is 1.31. The number of nitrogens with one attached hydrogen (secondary N) is 1. The summed E-state index contributed by atoms with van der Waals surface area (Å²) in [5.74, 6) is -0.428. The molecule has 178 valence electrons. The smallest absolute Gasteiger partial charge is 0.275 e. The highest BCUT2D eigenvalue weighted by molar-refractivity contribution is 5.79. The highest BCUT2D eigenvalue weighted by Crippen LogP contribution is 2.18. The fourth-order valence-corrected chi connectivity index (χ4v) is 4.43. The Hall–Kier alpha value is -3.61. The Morgan fingerprint density at radius 3 is 2.68 bits per heavy atom. The van der Waals surface area contributed by atoms with Gasteiger partial charge < -0.3 is 19.2 Å². The lowest BCUT2D eigenvalue weighted by molar-refractivity contribution is -0.121. The molecule has 0 aliphatic carbocycles. The number of halogens is 1. The minimum atomic E-state index is -0.392. The van der Waals surface area contributed by atoms with Crippen molar-refractivity contribution < 1.29 is 9.18 Å². The third-order valence-electron chi connectivity index (χ3n) is 6.16. The van der Waals surface area contributed by atoms with Gasteiger partial charge >= 0.3 is 0 Å². The number of benzene rings is 2. The van der Waals surface area contributed by atoms with Crippen LogP contribution in [0.2, 0.25) is 0 Å². The number of carbonyl (C=O) groups excluding carboxylic acids is 1. The molecule has 7 heteroatoms. The van der Waals surface area contributed by atoms with Crippen molar-refractivity contribution in [3.05, 3.63) is 82.5 Å². The first-order valence-electron chi connectivity index (χ1n) is 11.9. The lowest BCUT2D eigenvalue weighted by Crippen LogP contribution is -2.30. The van der Waals surface area contributed by atoms with Crippen molar-refractivity contribution in [3.63, 3.8) is 0 Å². The van der Waals surface area contributed by atoms with Gasteiger partial charge in [0.05, 0.1) is 11.0 Å². The van der Waals surface area contributed by atoms with Crippen molar-refractivity contribution in [1.82, 2.24) is 14.3 Å². The molecule has 34 heavy (non-hydrogen) atoms. The molecule has 0 fully saturated rings. The number of aromatic nitrogens is 2. The van der Waals surface area contributed by atoms with Gasteiger partial charge in [0, 0.05) is 44.5 Å². The minimum Gasteiger partial charge on any atom is -0.372 e. The van der Waals surface area contributed by atoms with Gasteiger partial charge in [-0.2, -0.15) is 0 Å². The molecule has 0 aliphatic rings. The first kappa shape index (κ1) is 23.5. The summed E-state index contributed by atoms with van der Waals surface area (Å²) in [5.41, 5.74) is 4.08. The molecule has 4 rings (SSSR count). The summed E-state index contributed by atoms with van der Waals surface area (Å²) in [6, 6.07) is 16.4. The second-order valence-electron chi connectivity index (χ2n) is 8.58. The number of carbonyl (C=O) groups is 1. The third kappa shape index (κ3) is 5.14. The van der Waals surface area contributed by atoms with Crippen LogP contribution in [0.5, 0.6) is 0 Å². The fourth-order valence-electron chi connectivity index (χ4n) is 4.43. The monoisotopic (exact) mass is 462 g/mol. The number of rotatable bonds is 10. The van der Waals surface area contributed by atoms with E-state index in [1.54, 1.807) is 33.4 Å². The van der Waals surface area contributed by atoms with E-state index in [9.17, 15) is 14.0 Å². The maximum absolute atomic E-state index is 13.9. The number of amides is 1. The zero-order valence-electron chi connectivity index (χ0n) is 19.8. The van der Waals surface area contributed by atoms with Crippen molar-refractivity contribution in [2.24, 2.45) is 0 Å². The first-order chi connectivity index (χ1) is 16.5. The Morgan fingerprint density at radius 1 is 1.03 bits per heavy atom. The van der Waals surface area contributed by atoms with Gasteiger partial charge in [0.2, 0.25) is 5.91 Å². The molecule has 0 saturated carbocycles. The summed E-state index contributed by atoms with van der Waals surface area (Å²) >= 11 is 0. The molecule has 6 nitrogen and oxygen atoms in total. The third-order valence-corrected chi connectivity index (χ3v) is 6.16. The molecule has 0 radical (unpaired) electrons. The molecule has 1 amide bonds. The van der Waals surface area contributed by atoms with E-state index in [4.69, 9.17) is 0 Å². The second-order valence-corrected chi connectivity index (χ2v) is 8.58. The predicted molar refractivity (Wildman–Crippen MR) is 135 cm³/mol. The van der Waals surface area contributed by atoms with Crippen LogP contribution in [-0.4, -0.2) is 34.5 Å². The van der Waals surface area contributed by atoms with E-state index in [0.717, 1.165) is 25.0 Å². The van der Waals surface area contributed by atoms with E-state index in [2.05, 4.69) is 48.3 Å². The second kappa shape index (κ2) is 10.5. The van der Waals surface area contributed by atoms with Crippen molar-refractivity contribution in [3.8, 4) is 0 Å². The standard InChI is InChI=1S/C27H31FN4O2/c1-3-30(22-9-4-8-20(2)18-22)15-7-14-29-26(33)11-6-17-32-25-19-21(28)12-13-23(25)31-16-5-10-24(31)27(32)34/h4-5,8-10,12-13,16,18-19H,3,6-7,11,14-15,17H2,1-2H3,(H,29,33). The molecule has 0 unspecified atom stereocenters. The Kier molecular flexibility index (Phi) is 7.30. The van der Waals surface area contributed by atoms with E-state index in [0.29, 0.717) is 37.0 Å². The Labute approximate surface area is 198 Å². The molecular formula is C27H31FN4O2. The number of fused-ring (bicyclic) bond motifs is 3. The van der Waals surface area contributed by atoms with Crippen LogP contribution in [-0.2, 0) is 11.3 Å². The van der Waals surface area contributed by atoms with E-state index in [1.165, 1.54) is 23.4 Å². The number of anilines is 1. The average Bonchev–Trinajstić information content (AvgIpc) is 3.31. The van der Waals surface area contributed by atoms with Crippen LogP contribution in [0.4, 0.5) is 10.1 Å². The summed E-state index contributed by atoms with van der Waals surface area (Å²) in [7, 11) is 0. The van der Waals surface area contributed by atoms with Crippen LogP contribution in [0.25, 0.3) is 16.6 Å². The zero-order valence-corrected chi connectivity index (χ0v) is 19.8. The van der Waals surface area contributed by atoms with Crippen LogP contribution in [0.15, 0.2) is 65.6 Å². The Bertz CT molecular complexity index is 1360. The quantitative estimate of drug-likeness (QED) is 0.353. The van der Waals surface area contributed by atoms with Crippen LogP contribution in [0.1, 0.15) is 31.7 Å². The number of hydrogen-bond acceptors (Lipinski definition) is 3. The molecule has 2 aromatic heterocycles. The van der Waals surface area contributed by atoms with Gasteiger partial charge in [-0.3, -0.25) is 9.59 Å². The van der Waals surface area contributed by atoms with Crippen LogP contribution >= 0.6 is 0 Å².